The highest BCUT2D eigenvalue weighted by atomic mass is 35.5. The van der Waals surface area contributed by atoms with Gasteiger partial charge in [-0.25, -0.2) is 0 Å². The molecule has 31 heavy (non-hydrogen) atoms. The number of benzene rings is 2. The summed E-state index contributed by atoms with van der Waals surface area (Å²) >= 11 is 12.4. The Morgan fingerprint density at radius 3 is 2.55 bits per heavy atom. The molecule has 5 rings (SSSR count). The van der Waals surface area contributed by atoms with Crippen LogP contribution in [0.1, 0.15) is 18.5 Å². The maximum atomic E-state index is 13.5. The molecule has 0 spiro atoms. The van der Waals surface area contributed by atoms with Gasteiger partial charge in [-0.05, 0) is 43.2 Å². The summed E-state index contributed by atoms with van der Waals surface area (Å²) in [7, 11) is 1.83. The van der Waals surface area contributed by atoms with Gasteiger partial charge in [-0.15, -0.1) is 0 Å². The molecule has 0 N–H and O–H groups in total. The summed E-state index contributed by atoms with van der Waals surface area (Å²) in [5.41, 5.74) is 2.15. The van der Waals surface area contributed by atoms with Crippen molar-refractivity contribution >= 4 is 50.9 Å². The maximum Gasteiger partial charge on any atom is 0.296 e. The van der Waals surface area contributed by atoms with Crippen molar-refractivity contribution in [1.82, 2.24) is 19.2 Å². The third kappa shape index (κ3) is 3.40. The van der Waals surface area contributed by atoms with Gasteiger partial charge in [-0.2, -0.15) is 9.78 Å². The number of likely N-dealkylation sites (tertiary alicyclic amines) is 1. The lowest BCUT2D eigenvalue weighted by Gasteiger charge is -2.16. The van der Waals surface area contributed by atoms with Crippen LogP contribution in [0.25, 0.3) is 27.5 Å². The van der Waals surface area contributed by atoms with Crippen LogP contribution in [0.2, 0.25) is 10.0 Å². The number of aryl methyl sites for hydroxylation is 1. The topological polar surface area (TPSA) is 60.1 Å². The van der Waals surface area contributed by atoms with Gasteiger partial charge < -0.3 is 9.47 Å². The molecule has 3 heterocycles. The lowest BCUT2D eigenvalue weighted by atomic mass is 10.1. The Morgan fingerprint density at radius 2 is 1.81 bits per heavy atom. The molecule has 0 unspecified atom stereocenters. The number of aromatic nitrogens is 3. The summed E-state index contributed by atoms with van der Waals surface area (Å²) in [5, 5.41) is 7.30. The molecule has 1 amide bonds. The van der Waals surface area contributed by atoms with Crippen LogP contribution in [0.3, 0.4) is 0 Å². The van der Waals surface area contributed by atoms with E-state index in [1.54, 1.807) is 30.3 Å². The third-order valence-corrected chi connectivity index (χ3v) is 6.37. The molecular formula is C23H20Cl2N4O2. The van der Waals surface area contributed by atoms with Gasteiger partial charge in [-0.3, -0.25) is 9.59 Å². The molecular weight excluding hydrogens is 435 g/mol. The van der Waals surface area contributed by atoms with Crippen LogP contribution in [-0.4, -0.2) is 38.2 Å². The van der Waals surface area contributed by atoms with Gasteiger partial charge in [0.05, 0.1) is 23.3 Å². The number of carbonyl (C=O) groups excluding carboxylic acids is 1. The molecule has 2 aromatic carbocycles. The molecule has 4 aromatic rings. The second-order valence-electron chi connectivity index (χ2n) is 7.85. The lowest BCUT2D eigenvalue weighted by Crippen LogP contribution is -2.31. The first-order chi connectivity index (χ1) is 14.9. The standard InChI is InChI=1S/C23H20Cl2N4O2/c1-27-19-12-15(25)7-8-17(19)21-18(13-20(30)28-9-2-3-10-28)26-29(23(31)22(21)27)16-6-4-5-14(24)11-16/h4-8,11-12H,2-3,9-10,13H2,1H3. The smallest absolute Gasteiger partial charge is 0.296 e. The molecule has 2 aromatic heterocycles. The van der Waals surface area contributed by atoms with Crippen molar-refractivity contribution in [2.45, 2.75) is 19.3 Å². The lowest BCUT2D eigenvalue weighted by molar-refractivity contribution is -0.129. The fourth-order valence-corrected chi connectivity index (χ4v) is 4.75. The van der Waals surface area contributed by atoms with Crippen LogP contribution in [0.15, 0.2) is 47.3 Å². The summed E-state index contributed by atoms with van der Waals surface area (Å²) in [4.78, 5) is 28.4. The summed E-state index contributed by atoms with van der Waals surface area (Å²) in [6.07, 6.45) is 2.16. The van der Waals surface area contributed by atoms with Crippen LogP contribution in [-0.2, 0) is 18.3 Å². The molecule has 0 aliphatic carbocycles. The minimum Gasteiger partial charge on any atom is -0.342 e. The number of carbonyl (C=O) groups is 1. The molecule has 0 saturated carbocycles. The number of nitrogens with zero attached hydrogens (tertiary/aromatic N) is 4. The third-order valence-electron chi connectivity index (χ3n) is 5.90. The number of fused-ring (bicyclic) bond motifs is 3. The zero-order valence-electron chi connectivity index (χ0n) is 16.9. The van der Waals surface area contributed by atoms with Gasteiger partial charge >= 0.3 is 0 Å². The van der Waals surface area contributed by atoms with Crippen molar-refractivity contribution in [3.05, 3.63) is 68.6 Å². The van der Waals surface area contributed by atoms with Gasteiger partial charge in [0.1, 0.15) is 5.52 Å². The number of amides is 1. The number of rotatable bonds is 3. The van der Waals surface area contributed by atoms with E-state index >= 15 is 0 Å². The fraction of sp³-hybridized carbons (Fsp3) is 0.261. The van der Waals surface area contributed by atoms with E-state index in [1.165, 1.54) is 4.68 Å². The maximum absolute atomic E-state index is 13.5. The predicted octanol–water partition coefficient (Wildman–Crippen LogP) is 4.35. The second kappa shape index (κ2) is 7.70. The zero-order valence-corrected chi connectivity index (χ0v) is 18.5. The van der Waals surface area contributed by atoms with Crippen LogP contribution in [0, 0.1) is 0 Å². The Labute approximate surface area is 188 Å². The van der Waals surface area contributed by atoms with Crippen molar-refractivity contribution < 1.29 is 4.79 Å². The highest BCUT2D eigenvalue weighted by Gasteiger charge is 2.24. The van der Waals surface area contributed by atoms with E-state index in [9.17, 15) is 9.59 Å². The Morgan fingerprint density at radius 1 is 1.06 bits per heavy atom. The Hall–Kier alpha value is -2.83. The van der Waals surface area contributed by atoms with Crippen molar-refractivity contribution in [2.24, 2.45) is 7.05 Å². The van der Waals surface area contributed by atoms with Crippen molar-refractivity contribution in [2.75, 3.05) is 13.1 Å². The summed E-state index contributed by atoms with van der Waals surface area (Å²) in [6.45, 7) is 1.53. The van der Waals surface area contributed by atoms with Crippen LogP contribution < -0.4 is 5.56 Å². The highest BCUT2D eigenvalue weighted by Crippen LogP contribution is 2.31. The van der Waals surface area contributed by atoms with E-state index in [1.807, 2.05) is 28.6 Å². The van der Waals surface area contributed by atoms with Gasteiger partial charge in [0, 0.05) is 41.0 Å². The van der Waals surface area contributed by atoms with Crippen molar-refractivity contribution in [3.8, 4) is 5.69 Å². The van der Waals surface area contributed by atoms with Crippen LogP contribution in [0.5, 0.6) is 0 Å². The zero-order chi connectivity index (χ0) is 21.7. The first-order valence-electron chi connectivity index (χ1n) is 10.2. The van der Waals surface area contributed by atoms with Crippen molar-refractivity contribution in [3.63, 3.8) is 0 Å². The first kappa shape index (κ1) is 20.1. The predicted molar refractivity (Wildman–Crippen MR) is 123 cm³/mol. The minimum absolute atomic E-state index is 0.0218. The molecule has 8 heteroatoms. The average molecular weight is 455 g/mol. The summed E-state index contributed by atoms with van der Waals surface area (Å²) in [5.74, 6) is 0.0218. The molecule has 1 saturated heterocycles. The second-order valence-corrected chi connectivity index (χ2v) is 8.73. The molecule has 0 radical (unpaired) electrons. The minimum atomic E-state index is -0.274. The molecule has 158 valence electrons. The largest absolute Gasteiger partial charge is 0.342 e. The summed E-state index contributed by atoms with van der Waals surface area (Å²) in [6, 6.07) is 12.5. The molecule has 0 atom stereocenters. The molecule has 1 fully saturated rings. The Balaban J connectivity index is 1.80. The average Bonchev–Trinajstić information content (AvgIpc) is 3.38. The van der Waals surface area contributed by atoms with Gasteiger partial charge in [0.25, 0.3) is 5.56 Å². The SMILES string of the molecule is Cn1c2cc(Cl)ccc2c2c(CC(=O)N3CCCC3)nn(-c3cccc(Cl)c3)c(=O)c21. The number of halogens is 2. The van der Waals surface area contributed by atoms with E-state index in [0.29, 0.717) is 32.3 Å². The molecule has 6 nitrogen and oxygen atoms in total. The quantitative estimate of drug-likeness (QED) is 0.462. The van der Waals surface area contributed by atoms with Crippen LogP contribution >= 0.6 is 23.2 Å². The summed E-state index contributed by atoms with van der Waals surface area (Å²) < 4.78 is 3.16. The van der Waals surface area contributed by atoms with Gasteiger partial charge in [-0.1, -0.05) is 35.3 Å². The van der Waals surface area contributed by atoms with E-state index in [4.69, 9.17) is 23.2 Å². The normalized spacial score (nSPS) is 14.1. The van der Waals surface area contributed by atoms with Crippen LogP contribution in [0.4, 0.5) is 0 Å². The Kier molecular flexibility index (Phi) is 4.99. The van der Waals surface area contributed by atoms with E-state index in [2.05, 4.69) is 5.10 Å². The molecule has 0 bridgehead atoms. The number of hydrogen-bond donors (Lipinski definition) is 0. The number of hydrogen-bond acceptors (Lipinski definition) is 3. The molecule has 1 aliphatic heterocycles. The monoisotopic (exact) mass is 454 g/mol. The first-order valence-corrected chi connectivity index (χ1v) is 10.9. The van der Waals surface area contributed by atoms with E-state index in [-0.39, 0.29) is 17.9 Å². The van der Waals surface area contributed by atoms with E-state index < -0.39 is 0 Å². The highest BCUT2D eigenvalue weighted by molar-refractivity contribution is 6.31. The van der Waals surface area contributed by atoms with E-state index in [0.717, 1.165) is 36.8 Å². The molecule has 1 aliphatic rings. The van der Waals surface area contributed by atoms with Crippen molar-refractivity contribution in [1.29, 1.82) is 0 Å². The van der Waals surface area contributed by atoms with Gasteiger partial charge in [0.2, 0.25) is 5.91 Å². The Bertz CT molecular complexity index is 1400. The fourth-order valence-electron chi connectivity index (χ4n) is 4.40. The van der Waals surface area contributed by atoms with Gasteiger partial charge in [0.15, 0.2) is 0 Å².